The Morgan fingerprint density at radius 2 is 2.30 bits per heavy atom. The fourth-order valence-corrected chi connectivity index (χ4v) is 2.85. The van der Waals surface area contributed by atoms with E-state index < -0.39 is 0 Å². The lowest BCUT2D eigenvalue weighted by Gasteiger charge is -2.19. The molecular weight excluding hydrogens is 256 g/mol. The van der Waals surface area contributed by atoms with Crippen LogP contribution in [0.3, 0.4) is 0 Å². The second kappa shape index (κ2) is 5.19. The normalized spacial score (nSPS) is 17.8. The highest BCUT2D eigenvalue weighted by atomic mass is 16.5. The molecule has 106 valence electrons. The van der Waals surface area contributed by atoms with E-state index in [4.69, 9.17) is 13.9 Å². The molecule has 0 fully saturated rings. The number of hydrogen-bond acceptors (Lipinski definition) is 4. The van der Waals surface area contributed by atoms with E-state index >= 15 is 0 Å². The van der Waals surface area contributed by atoms with Crippen LogP contribution >= 0.6 is 0 Å². The Labute approximate surface area is 117 Å². The summed E-state index contributed by atoms with van der Waals surface area (Å²) in [5, 5.41) is 1.13. The average Bonchev–Trinajstić information content (AvgIpc) is 2.83. The van der Waals surface area contributed by atoms with Crippen molar-refractivity contribution in [3.05, 3.63) is 29.5 Å². The van der Waals surface area contributed by atoms with Gasteiger partial charge in [-0.25, -0.2) is 0 Å². The van der Waals surface area contributed by atoms with Crippen LogP contribution in [0.25, 0.3) is 11.0 Å². The summed E-state index contributed by atoms with van der Waals surface area (Å²) in [6.45, 7) is 2.26. The maximum atomic E-state index is 11.8. The van der Waals surface area contributed by atoms with Crippen molar-refractivity contribution >= 4 is 16.9 Å². The number of methoxy groups -OCH3 is 1. The average molecular weight is 274 g/mol. The van der Waals surface area contributed by atoms with Gasteiger partial charge in [-0.05, 0) is 31.9 Å². The summed E-state index contributed by atoms with van der Waals surface area (Å²) in [6, 6.07) is 5.86. The third-order valence-corrected chi connectivity index (χ3v) is 3.88. The van der Waals surface area contributed by atoms with Gasteiger partial charge in [0, 0.05) is 23.4 Å². The van der Waals surface area contributed by atoms with Crippen LogP contribution < -0.4 is 4.74 Å². The second-order valence-electron chi connectivity index (χ2n) is 5.06. The van der Waals surface area contributed by atoms with E-state index in [1.54, 1.807) is 7.11 Å². The largest absolute Gasteiger partial charge is 0.497 e. The van der Waals surface area contributed by atoms with Crippen molar-refractivity contribution in [1.29, 1.82) is 0 Å². The lowest BCUT2D eigenvalue weighted by Crippen LogP contribution is -2.24. The van der Waals surface area contributed by atoms with Crippen molar-refractivity contribution in [3.63, 3.8) is 0 Å². The molecule has 3 rings (SSSR count). The highest BCUT2D eigenvalue weighted by Gasteiger charge is 2.29. The van der Waals surface area contributed by atoms with Crippen molar-refractivity contribution in [2.24, 2.45) is 5.92 Å². The maximum Gasteiger partial charge on any atom is 0.309 e. The summed E-state index contributed by atoms with van der Waals surface area (Å²) in [7, 11) is 1.64. The van der Waals surface area contributed by atoms with Gasteiger partial charge >= 0.3 is 5.97 Å². The van der Waals surface area contributed by atoms with Gasteiger partial charge < -0.3 is 13.9 Å². The van der Waals surface area contributed by atoms with Gasteiger partial charge in [0.15, 0.2) is 0 Å². The van der Waals surface area contributed by atoms with Gasteiger partial charge in [-0.1, -0.05) is 0 Å². The summed E-state index contributed by atoms with van der Waals surface area (Å²) in [5.41, 5.74) is 2.06. The molecule has 2 aromatic rings. The quantitative estimate of drug-likeness (QED) is 0.807. The smallest absolute Gasteiger partial charge is 0.309 e. The molecule has 1 atom stereocenters. The lowest BCUT2D eigenvalue weighted by molar-refractivity contribution is -0.148. The first-order valence-corrected chi connectivity index (χ1v) is 6.97. The van der Waals surface area contributed by atoms with E-state index in [2.05, 4.69) is 0 Å². The predicted molar refractivity (Wildman–Crippen MR) is 74.9 cm³/mol. The molecule has 0 spiro atoms. The van der Waals surface area contributed by atoms with Crippen LogP contribution in [-0.2, 0) is 22.4 Å². The molecule has 1 aromatic heterocycles. The Morgan fingerprint density at radius 1 is 1.45 bits per heavy atom. The first-order chi connectivity index (χ1) is 9.72. The van der Waals surface area contributed by atoms with Gasteiger partial charge in [0.25, 0.3) is 0 Å². The van der Waals surface area contributed by atoms with Crippen molar-refractivity contribution in [1.82, 2.24) is 0 Å². The summed E-state index contributed by atoms with van der Waals surface area (Å²) >= 11 is 0. The minimum Gasteiger partial charge on any atom is -0.497 e. The molecule has 0 aliphatic heterocycles. The summed E-state index contributed by atoms with van der Waals surface area (Å²) in [4.78, 5) is 11.8. The first kappa shape index (κ1) is 13.0. The molecule has 1 heterocycles. The molecule has 0 bridgehead atoms. The van der Waals surface area contributed by atoms with Crippen LogP contribution in [0.2, 0.25) is 0 Å². The highest BCUT2D eigenvalue weighted by Crippen LogP contribution is 2.35. The number of carbonyl (C=O) groups is 1. The van der Waals surface area contributed by atoms with Gasteiger partial charge in [-0.3, -0.25) is 4.79 Å². The highest BCUT2D eigenvalue weighted by molar-refractivity contribution is 5.84. The summed E-state index contributed by atoms with van der Waals surface area (Å²) < 4.78 is 16.2. The molecule has 20 heavy (non-hydrogen) atoms. The van der Waals surface area contributed by atoms with Crippen LogP contribution in [0.15, 0.2) is 22.6 Å². The van der Waals surface area contributed by atoms with Crippen molar-refractivity contribution in [3.8, 4) is 5.75 Å². The van der Waals surface area contributed by atoms with E-state index in [0.717, 1.165) is 35.3 Å². The van der Waals surface area contributed by atoms with Crippen LogP contribution in [0.1, 0.15) is 24.7 Å². The molecule has 0 saturated heterocycles. The minimum atomic E-state index is -0.115. The number of aryl methyl sites for hydroxylation is 1. The van der Waals surface area contributed by atoms with Crippen molar-refractivity contribution in [2.75, 3.05) is 13.7 Å². The van der Waals surface area contributed by atoms with E-state index in [0.29, 0.717) is 13.0 Å². The molecule has 1 aromatic carbocycles. The van der Waals surface area contributed by atoms with E-state index in [9.17, 15) is 4.79 Å². The number of rotatable bonds is 3. The zero-order chi connectivity index (χ0) is 14.1. The molecule has 1 aliphatic rings. The van der Waals surface area contributed by atoms with Gasteiger partial charge in [0.2, 0.25) is 0 Å². The SMILES string of the molecule is CCOC(=O)C1CCc2c(oc3cc(OC)ccc23)C1. The number of furan rings is 1. The minimum absolute atomic E-state index is 0.0788. The van der Waals surface area contributed by atoms with Gasteiger partial charge in [-0.2, -0.15) is 0 Å². The molecule has 0 amide bonds. The van der Waals surface area contributed by atoms with Crippen LogP contribution in [0.4, 0.5) is 0 Å². The number of benzene rings is 1. The van der Waals surface area contributed by atoms with Gasteiger partial charge in [0.1, 0.15) is 17.1 Å². The fourth-order valence-electron chi connectivity index (χ4n) is 2.85. The molecule has 0 N–H and O–H groups in total. The zero-order valence-electron chi connectivity index (χ0n) is 11.8. The zero-order valence-corrected chi connectivity index (χ0v) is 11.8. The van der Waals surface area contributed by atoms with Crippen LogP contribution in [0, 0.1) is 5.92 Å². The van der Waals surface area contributed by atoms with Crippen LogP contribution in [0.5, 0.6) is 5.75 Å². The Bertz CT molecular complexity index is 641. The number of carbonyl (C=O) groups excluding carboxylic acids is 1. The van der Waals surface area contributed by atoms with Crippen LogP contribution in [-0.4, -0.2) is 19.7 Å². The molecule has 1 unspecified atom stereocenters. The third-order valence-electron chi connectivity index (χ3n) is 3.88. The number of hydrogen-bond donors (Lipinski definition) is 0. The number of ether oxygens (including phenoxy) is 2. The van der Waals surface area contributed by atoms with Crippen molar-refractivity contribution < 1.29 is 18.7 Å². The Morgan fingerprint density at radius 3 is 3.05 bits per heavy atom. The molecule has 1 aliphatic carbocycles. The predicted octanol–water partition coefficient (Wildman–Crippen LogP) is 3.11. The van der Waals surface area contributed by atoms with Gasteiger partial charge in [-0.15, -0.1) is 0 Å². The standard InChI is InChI=1S/C16H18O4/c1-3-19-16(17)10-4-6-12-13-7-5-11(18-2)9-15(13)20-14(12)8-10/h5,7,9-10H,3-4,6,8H2,1-2H3. The summed E-state index contributed by atoms with van der Waals surface area (Å²) in [6.07, 6.45) is 2.32. The van der Waals surface area contributed by atoms with Crippen molar-refractivity contribution in [2.45, 2.75) is 26.2 Å². The Kier molecular flexibility index (Phi) is 3.38. The monoisotopic (exact) mass is 274 g/mol. The fraction of sp³-hybridized carbons (Fsp3) is 0.438. The van der Waals surface area contributed by atoms with E-state index in [-0.39, 0.29) is 11.9 Å². The van der Waals surface area contributed by atoms with Gasteiger partial charge in [0.05, 0.1) is 19.6 Å². The summed E-state index contributed by atoms with van der Waals surface area (Å²) in [5.74, 6) is 1.50. The molecule has 4 nitrogen and oxygen atoms in total. The maximum absolute atomic E-state index is 11.8. The van der Waals surface area contributed by atoms with E-state index in [1.807, 2.05) is 25.1 Å². The topological polar surface area (TPSA) is 48.7 Å². The first-order valence-electron chi connectivity index (χ1n) is 6.97. The molecule has 0 radical (unpaired) electrons. The Balaban J connectivity index is 1.92. The molecular formula is C16H18O4. The molecule has 0 saturated carbocycles. The van der Waals surface area contributed by atoms with E-state index in [1.165, 1.54) is 5.56 Å². The lowest BCUT2D eigenvalue weighted by atomic mass is 9.87. The number of fused-ring (bicyclic) bond motifs is 3. The Hall–Kier alpha value is -1.97. The third kappa shape index (κ3) is 2.15. The number of esters is 1. The second-order valence-corrected chi connectivity index (χ2v) is 5.06. The molecule has 4 heteroatoms.